The number of aliphatic hydroxyl groups is 2. The molecule has 0 saturated carbocycles. The van der Waals surface area contributed by atoms with E-state index in [9.17, 15) is 19.2 Å². The molecule has 2 unspecified atom stereocenters. The Labute approximate surface area is 77.0 Å². The van der Waals surface area contributed by atoms with E-state index in [0.29, 0.717) is 0 Å². The fraction of sp³-hybridized carbons (Fsp3) is 0.333. The van der Waals surface area contributed by atoms with Crippen LogP contribution in [0, 0.1) is 0 Å². The first kappa shape index (κ1) is 12.2. The average Bonchev–Trinajstić information content (AvgIpc) is 2.16. The van der Waals surface area contributed by atoms with Crippen molar-refractivity contribution in [2.45, 2.75) is 12.6 Å². The molecule has 0 aliphatic rings. The summed E-state index contributed by atoms with van der Waals surface area (Å²) >= 11 is 0. The Morgan fingerprint density at radius 2 is 1.21 bits per heavy atom. The van der Waals surface area contributed by atoms with Crippen molar-refractivity contribution in [2.24, 2.45) is 0 Å². The van der Waals surface area contributed by atoms with Gasteiger partial charge in [-0.3, -0.25) is 19.2 Å². The van der Waals surface area contributed by atoms with Gasteiger partial charge in [-0.2, -0.15) is 0 Å². The number of ether oxygens (including phenoxy) is 2. The number of aliphatic hydroxyl groups excluding tert-OH is 2. The van der Waals surface area contributed by atoms with Crippen LogP contribution in [0.2, 0.25) is 0 Å². The summed E-state index contributed by atoms with van der Waals surface area (Å²) in [6.07, 6.45) is -4.63. The number of rotatable bonds is 7. The maximum atomic E-state index is 10.7. The van der Waals surface area contributed by atoms with Crippen LogP contribution in [0.4, 0.5) is 0 Å². The molecule has 0 aliphatic heterocycles. The summed E-state index contributed by atoms with van der Waals surface area (Å²) in [6, 6.07) is 0. The Kier molecular flexibility index (Phi) is 5.04. The van der Waals surface area contributed by atoms with Crippen LogP contribution in [0.15, 0.2) is 0 Å². The van der Waals surface area contributed by atoms with E-state index >= 15 is 0 Å². The van der Waals surface area contributed by atoms with Crippen LogP contribution in [-0.4, -0.2) is 47.3 Å². The molecule has 0 heterocycles. The second-order valence-corrected chi connectivity index (χ2v) is 1.90. The van der Waals surface area contributed by atoms with E-state index < -0.39 is 24.1 Å². The highest BCUT2D eigenvalue weighted by molar-refractivity contribution is 6.39. The van der Waals surface area contributed by atoms with Gasteiger partial charge in [-0.1, -0.05) is 0 Å². The number of hydrogen-bond acceptors (Lipinski definition) is 8. The number of Topliss-reactive ketones (excluding diaryl/α,β-unsaturated/α-hetero) is 2. The highest BCUT2D eigenvalue weighted by Crippen LogP contribution is 1.94. The molecular formula is C6H6O8. The van der Waals surface area contributed by atoms with Gasteiger partial charge in [-0.15, -0.1) is 0 Å². The topological polar surface area (TPSA) is 127 Å². The van der Waals surface area contributed by atoms with Gasteiger partial charge in [0.05, 0.1) is 0 Å². The third kappa shape index (κ3) is 3.29. The second-order valence-electron chi connectivity index (χ2n) is 1.90. The molecule has 0 spiro atoms. The molecule has 0 amide bonds. The van der Waals surface area contributed by atoms with E-state index in [1.54, 1.807) is 0 Å². The lowest BCUT2D eigenvalue weighted by Crippen LogP contribution is -2.38. The van der Waals surface area contributed by atoms with Gasteiger partial charge in [0.25, 0.3) is 37.1 Å². The highest BCUT2D eigenvalue weighted by Gasteiger charge is 2.31. The monoisotopic (exact) mass is 206 g/mol. The van der Waals surface area contributed by atoms with Crippen molar-refractivity contribution in [3.05, 3.63) is 0 Å². The maximum absolute atomic E-state index is 10.7. The van der Waals surface area contributed by atoms with Gasteiger partial charge in [-0.25, -0.2) is 0 Å². The van der Waals surface area contributed by atoms with Crippen LogP contribution in [0.25, 0.3) is 0 Å². The fourth-order valence-electron chi connectivity index (χ4n) is 0.472. The Morgan fingerprint density at radius 1 is 0.929 bits per heavy atom. The Bertz CT molecular complexity index is 220. The molecule has 0 aromatic carbocycles. The minimum atomic E-state index is -2.31. The molecule has 0 aliphatic carbocycles. The smallest absolute Gasteiger partial charge is 0.295 e. The number of carbonyl (C=O) groups is 4. The van der Waals surface area contributed by atoms with Gasteiger partial charge in [-0.05, 0) is 0 Å². The molecule has 0 fully saturated rings. The summed E-state index contributed by atoms with van der Waals surface area (Å²) in [5, 5.41) is 17.3. The van der Waals surface area contributed by atoms with Crippen molar-refractivity contribution in [1.82, 2.24) is 0 Å². The average molecular weight is 206 g/mol. The van der Waals surface area contributed by atoms with Crippen molar-refractivity contribution in [3.63, 3.8) is 0 Å². The minimum Gasteiger partial charge on any atom is -0.430 e. The zero-order valence-corrected chi connectivity index (χ0v) is 6.65. The summed E-state index contributed by atoms with van der Waals surface area (Å²) in [6.45, 7) is -0.522. The summed E-state index contributed by atoms with van der Waals surface area (Å²) in [7, 11) is 0. The number of hydrogen-bond donors (Lipinski definition) is 2. The van der Waals surface area contributed by atoms with Crippen LogP contribution in [-0.2, 0) is 28.7 Å². The van der Waals surface area contributed by atoms with Gasteiger partial charge in [0.15, 0.2) is 0 Å². The molecule has 0 rings (SSSR count). The van der Waals surface area contributed by atoms with Crippen molar-refractivity contribution >= 4 is 24.5 Å². The normalized spacial score (nSPS) is 13.6. The molecule has 8 nitrogen and oxygen atoms in total. The lowest BCUT2D eigenvalue weighted by Gasteiger charge is -2.08. The standard InChI is InChI=1S/C6H6O8/c7-1-13-5(11)3(9)4(10)6(12)14-2-8/h1-2,5-6,11-12H. The lowest BCUT2D eigenvalue weighted by atomic mass is 10.2. The summed E-state index contributed by atoms with van der Waals surface area (Å²) in [5.41, 5.74) is 0. The van der Waals surface area contributed by atoms with E-state index in [1.165, 1.54) is 0 Å². The van der Waals surface area contributed by atoms with E-state index in [2.05, 4.69) is 9.47 Å². The molecule has 2 atom stereocenters. The maximum Gasteiger partial charge on any atom is 0.295 e. The van der Waals surface area contributed by atoms with Crippen molar-refractivity contribution < 1.29 is 38.9 Å². The highest BCUT2D eigenvalue weighted by atomic mass is 16.6. The predicted molar refractivity (Wildman–Crippen MR) is 36.3 cm³/mol. The Balaban J connectivity index is 4.30. The van der Waals surface area contributed by atoms with Gasteiger partial charge in [0, 0.05) is 0 Å². The van der Waals surface area contributed by atoms with E-state index in [1.807, 2.05) is 0 Å². The third-order valence-electron chi connectivity index (χ3n) is 1.06. The van der Waals surface area contributed by atoms with E-state index in [0.717, 1.165) is 0 Å². The largest absolute Gasteiger partial charge is 0.430 e. The molecule has 14 heavy (non-hydrogen) atoms. The number of carbonyl (C=O) groups excluding carboxylic acids is 4. The third-order valence-corrected chi connectivity index (χ3v) is 1.06. The van der Waals surface area contributed by atoms with Crippen LogP contribution >= 0.6 is 0 Å². The SMILES string of the molecule is O=COC(O)C(=O)C(=O)C(O)OC=O. The van der Waals surface area contributed by atoms with E-state index in [4.69, 9.17) is 10.2 Å². The lowest BCUT2D eigenvalue weighted by molar-refractivity contribution is -0.178. The first-order chi connectivity index (χ1) is 6.54. The van der Waals surface area contributed by atoms with Crippen LogP contribution in [0.3, 0.4) is 0 Å². The minimum absolute atomic E-state index is 0.261. The molecular weight excluding hydrogens is 200 g/mol. The number of ketones is 2. The Morgan fingerprint density at radius 3 is 1.43 bits per heavy atom. The molecule has 2 N–H and O–H groups in total. The van der Waals surface area contributed by atoms with Gasteiger partial charge in [0.1, 0.15) is 0 Å². The Hall–Kier alpha value is -1.80. The van der Waals surface area contributed by atoms with Gasteiger partial charge < -0.3 is 19.7 Å². The molecule has 8 heteroatoms. The van der Waals surface area contributed by atoms with Gasteiger partial charge >= 0.3 is 0 Å². The predicted octanol–water partition coefficient (Wildman–Crippen LogP) is -2.89. The molecule has 78 valence electrons. The fourth-order valence-corrected chi connectivity index (χ4v) is 0.472. The van der Waals surface area contributed by atoms with Crippen molar-refractivity contribution in [1.29, 1.82) is 0 Å². The molecule has 0 saturated heterocycles. The zero-order valence-electron chi connectivity index (χ0n) is 6.65. The van der Waals surface area contributed by atoms with Gasteiger partial charge in [0.2, 0.25) is 0 Å². The van der Waals surface area contributed by atoms with Crippen molar-refractivity contribution in [3.8, 4) is 0 Å². The van der Waals surface area contributed by atoms with E-state index in [-0.39, 0.29) is 12.9 Å². The summed E-state index contributed by atoms with van der Waals surface area (Å²) in [4.78, 5) is 40.7. The van der Waals surface area contributed by atoms with Crippen LogP contribution in [0.1, 0.15) is 0 Å². The first-order valence-corrected chi connectivity index (χ1v) is 3.17. The zero-order chi connectivity index (χ0) is 11.1. The molecule has 0 bridgehead atoms. The molecule has 0 radical (unpaired) electrons. The summed E-state index contributed by atoms with van der Waals surface area (Å²) in [5.74, 6) is -3.21. The van der Waals surface area contributed by atoms with Crippen LogP contribution in [0.5, 0.6) is 0 Å². The summed E-state index contributed by atoms with van der Waals surface area (Å²) < 4.78 is 7.41. The first-order valence-electron chi connectivity index (χ1n) is 3.17. The van der Waals surface area contributed by atoms with Crippen molar-refractivity contribution in [2.75, 3.05) is 0 Å². The van der Waals surface area contributed by atoms with Crippen LogP contribution < -0.4 is 0 Å². The quantitative estimate of drug-likeness (QED) is 0.258. The second kappa shape index (κ2) is 5.78. The molecule has 0 aromatic rings. The molecule has 0 aromatic heterocycles.